The van der Waals surface area contributed by atoms with Gasteiger partial charge in [0.1, 0.15) is 0 Å². The maximum Gasteiger partial charge on any atom is 0.282 e. The molecule has 1 aliphatic rings. The van der Waals surface area contributed by atoms with Crippen molar-refractivity contribution >= 4 is 10.2 Å². The molecule has 0 aromatic heterocycles. The molecule has 0 amide bonds. The summed E-state index contributed by atoms with van der Waals surface area (Å²) in [5.41, 5.74) is 6.70. The maximum absolute atomic E-state index is 12.6. The van der Waals surface area contributed by atoms with E-state index in [-0.39, 0.29) is 0 Å². The summed E-state index contributed by atoms with van der Waals surface area (Å²) in [5.74, 6) is 0. The Bertz CT molecular complexity index is 516. The molecule has 0 radical (unpaired) electrons. The van der Waals surface area contributed by atoms with Crippen LogP contribution in [0, 0.1) is 0 Å². The molecule has 1 saturated heterocycles. The largest absolute Gasteiger partial charge is 0.379 e. The second-order valence-electron chi connectivity index (χ2n) is 4.94. The first-order chi connectivity index (χ1) is 10.1. The van der Waals surface area contributed by atoms with Crippen LogP contribution >= 0.6 is 0 Å². The Morgan fingerprint density at radius 3 is 2.43 bits per heavy atom. The zero-order valence-corrected chi connectivity index (χ0v) is 13.0. The van der Waals surface area contributed by atoms with Crippen molar-refractivity contribution in [3.8, 4) is 0 Å². The molecule has 0 atom stereocenters. The Hall–Kier alpha value is -0.990. The fourth-order valence-electron chi connectivity index (χ4n) is 2.33. The average molecular weight is 313 g/mol. The Morgan fingerprint density at radius 1 is 1.14 bits per heavy atom. The number of hydrogen-bond acceptors (Lipinski definition) is 4. The number of nitrogens with zero attached hydrogens (tertiary/aromatic N) is 2. The summed E-state index contributed by atoms with van der Waals surface area (Å²) in [4.78, 5) is 0. The predicted molar refractivity (Wildman–Crippen MR) is 82.1 cm³/mol. The van der Waals surface area contributed by atoms with Gasteiger partial charge in [-0.15, -0.1) is 0 Å². The van der Waals surface area contributed by atoms with Crippen LogP contribution in [0.4, 0.5) is 0 Å². The van der Waals surface area contributed by atoms with Gasteiger partial charge < -0.3 is 10.5 Å². The quantitative estimate of drug-likeness (QED) is 0.773. The van der Waals surface area contributed by atoms with Crippen molar-refractivity contribution < 1.29 is 13.2 Å². The summed E-state index contributed by atoms with van der Waals surface area (Å²) in [7, 11) is -3.45. The van der Waals surface area contributed by atoms with Crippen LogP contribution < -0.4 is 5.73 Å². The third kappa shape index (κ3) is 4.49. The highest BCUT2D eigenvalue weighted by molar-refractivity contribution is 7.86. The standard InChI is InChI=1S/C14H23N3O3S/c15-7-9-16(8-6-14-4-2-1-3-5-14)21(18,19)17-10-12-20-13-11-17/h1-5H,6-13,15H2. The van der Waals surface area contributed by atoms with Gasteiger partial charge in [-0.2, -0.15) is 17.0 Å². The van der Waals surface area contributed by atoms with E-state index in [1.807, 2.05) is 30.3 Å². The summed E-state index contributed by atoms with van der Waals surface area (Å²) in [6, 6.07) is 9.87. The first-order valence-corrected chi connectivity index (χ1v) is 8.61. The Balaban J connectivity index is 2.03. The van der Waals surface area contributed by atoms with Crippen molar-refractivity contribution in [2.24, 2.45) is 5.73 Å². The lowest BCUT2D eigenvalue weighted by atomic mass is 10.1. The highest BCUT2D eigenvalue weighted by atomic mass is 32.2. The number of nitrogens with two attached hydrogens (primary N) is 1. The summed E-state index contributed by atoms with van der Waals surface area (Å²) in [6.45, 7) is 2.83. The summed E-state index contributed by atoms with van der Waals surface area (Å²) >= 11 is 0. The highest BCUT2D eigenvalue weighted by Gasteiger charge is 2.30. The number of morpholine rings is 1. The molecule has 1 fully saturated rings. The first kappa shape index (κ1) is 16.4. The average Bonchev–Trinajstić information content (AvgIpc) is 2.53. The van der Waals surface area contributed by atoms with Crippen LogP contribution in [0.25, 0.3) is 0 Å². The van der Waals surface area contributed by atoms with Gasteiger partial charge in [-0.05, 0) is 12.0 Å². The van der Waals surface area contributed by atoms with Gasteiger partial charge in [-0.1, -0.05) is 30.3 Å². The van der Waals surface area contributed by atoms with E-state index < -0.39 is 10.2 Å². The molecule has 118 valence electrons. The molecule has 0 spiro atoms. The highest BCUT2D eigenvalue weighted by Crippen LogP contribution is 2.12. The smallest absolute Gasteiger partial charge is 0.282 e. The Kier molecular flexibility index (Phi) is 6.13. The molecule has 2 N–H and O–H groups in total. The van der Waals surface area contributed by atoms with Crippen LogP contribution in [-0.2, 0) is 21.4 Å². The molecule has 0 aliphatic carbocycles. The van der Waals surface area contributed by atoms with Crippen molar-refractivity contribution in [3.63, 3.8) is 0 Å². The molecule has 0 saturated carbocycles. The van der Waals surface area contributed by atoms with Crippen LogP contribution in [0.2, 0.25) is 0 Å². The minimum absolute atomic E-state index is 0.318. The van der Waals surface area contributed by atoms with Crippen LogP contribution in [0.1, 0.15) is 5.56 Å². The van der Waals surface area contributed by atoms with Gasteiger partial charge in [0.25, 0.3) is 10.2 Å². The third-order valence-electron chi connectivity index (χ3n) is 3.49. The van der Waals surface area contributed by atoms with Gasteiger partial charge in [-0.3, -0.25) is 0 Å². The number of rotatable bonds is 7. The molecule has 6 nitrogen and oxygen atoms in total. The van der Waals surface area contributed by atoms with Gasteiger partial charge in [0.15, 0.2) is 0 Å². The second kappa shape index (κ2) is 7.86. The molecular formula is C14H23N3O3S. The second-order valence-corrected chi connectivity index (χ2v) is 6.87. The molecule has 0 unspecified atom stereocenters. The molecular weight excluding hydrogens is 290 g/mol. The molecule has 1 aromatic rings. The fourth-order valence-corrected chi connectivity index (χ4v) is 3.92. The van der Waals surface area contributed by atoms with Gasteiger partial charge in [0.2, 0.25) is 0 Å². The zero-order valence-electron chi connectivity index (χ0n) is 12.1. The summed E-state index contributed by atoms with van der Waals surface area (Å²) < 4.78 is 33.5. The van der Waals surface area contributed by atoms with Crippen LogP contribution in [0.15, 0.2) is 30.3 Å². The molecule has 0 bridgehead atoms. The monoisotopic (exact) mass is 313 g/mol. The van der Waals surface area contributed by atoms with Crippen molar-refractivity contribution in [2.45, 2.75) is 6.42 Å². The topological polar surface area (TPSA) is 75.9 Å². The van der Waals surface area contributed by atoms with E-state index in [0.29, 0.717) is 52.4 Å². The molecule has 21 heavy (non-hydrogen) atoms. The number of hydrogen-bond donors (Lipinski definition) is 1. The SMILES string of the molecule is NCCN(CCc1ccccc1)S(=O)(=O)N1CCOCC1. The van der Waals surface area contributed by atoms with Gasteiger partial charge in [0.05, 0.1) is 13.2 Å². The van der Waals surface area contributed by atoms with E-state index in [1.54, 1.807) is 0 Å². The van der Waals surface area contributed by atoms with E-state index in [0.717, 1.165) is 5.56 Å². The number of benzene rings is 1. The zero-order chi connectivity index (χ0) is 15.1. The molecule has 2 rings (SSSR count). The predicted octanol–water partition coefficient (Wildman–Crippen LogP) is 0.0668. The minimum atomic E-state index is -3.45. The Labute approximate surface area is 126 Å². The van der Waals surface area contributed by atoms with Gasteiger partial charge in [0, 0.05) is 32.7 Å². The van der Waals surface area contributed by atoms with E-state index in [2.05, 4.69) is 0 Å². The third-order valence-corrected chi connectivity index (χ3v) is 5.53. The summed E-state index contributed by atoms with van der Waals surface area (Å²) in [5, 5.41) is 0. The molecule has 1 aliphatic heterocycles. The van der Waals surface area contributed by atoms with Crippen molar-refractivity contribution in [3.05, 3.63) is 35.9 Å². The Morgan fingerprint density at radius 2 is 1.81 bits per heavy atom. The van der Waals surface area contributed by atoms with Gasteiger partial charge >= 0.3 is 0 Å². The van der Waals surface area contributed by atoms with E-state index in [9.17, 15) is 8.42 Å². The van der Waals surface area contributed by atoms with Crippen LogP contribution in [0.5, 0.6) is 0 Å². The first-order valence-electron chi connectivity index (χ1n) is 7.21. The van der Waals surface area contributed by atoms with Crippen molar-refractivity contribution in [1.29, 1.82) is 0 Å². The van der Waals surface area contributed by atoms with Crippen LogP contribution in [0.3, 0.4) is 0 Å². The maximum atomic E-state index is 12.6. The van der Waals surface area contributed by atoms with E-state index >= 15 is 0 Å². The summed E-state index contributed by atoms with van der Waals surface area (Å²) in [6.07, 6.45) is 0.685. The van der Waals surface area contributed by atoms with E-state index in [4.69, 9.17) is 10.5 Å². The van der Waals surface area contributed by atoms with Crippen LogP contribution in [-0.4, -0.2) is 63.0 Å². The lowest BCUT2D eigenvalue weighted by Crippen LogP contribution is -2.50. The molecule has 1 heterocycles. The van der Waals surface area contributed by atoms with Crippen molar-refractivity contribution in [1.82, 2.24) is 8.61 Å². The van der Waals surface area contributed by atoms with E-state index in [1.165, 1.54) is 8.61 Å². The van der Waals surface area contributed by atoms with Crippen molar-refractivity contribution in [2.75, 3.05) is 45.9 Å². The fraction of sp³-hybridized carbons (Fsp3) is 0.571. The molecule has 7 heteroatoms. The number of ether oxygens (including phenoxy) is 1. The van der Waals surface area contributed by atoms with Gasteiger partial charge in [-0.25, -0.2) is 0 Å². The lowest BCUT2D eigenvalue weighted by molar-refractivity contribution is 0.0702. The lowest BCUT2D eigenvalue weighted by Gasteiger charge is -2.32. The molecule has 1 aromatic carbocycles. The minimum Gasteiger partial charge on any atom is -0.379 e. The normalized spacial score (nSPS) is 17.2.